The standard InChI is InChI=1S/C14H13BrF2S/c1-2-9-6-7-18-14(9)11(15)8-10-4-3-5-12(16)13(10)17/h3-7,11H,2,8H2,1H3. The molecule has 1 unspecified atom stereocenters. The molecule has 0 N–H and O–H groups in total. The predicted molar refractivity (Wildman–Crippen MR) is 75.4 cm³/mol. The summed E-state index contributed by atoms with van der Waals surface area (Å²) in [4.78, 5) is 1.23. The summed E-state index contributed by atoms with van der Waals surface area (Å²) in [5, 5.41) is 2.03. The Bertz CT molecular complexity index is 536. The first kappa shape index (κ1) is 13.7. The third kappa shape index (κ3) is 2.81. The highest BCUT2D eigenvalue weighted by molar-refractivity contribution is 9.09. The molecule has 1 heterocycles. The Kier molecular flexibility index (Phi) is 4.51. The average molecular weight is 331 g/mol. The van der Waals surface area contributed by atoms with Crippen molar-refractivity contribution in [2.45, 2.75) is 24.6 Å². The zero-order valence-corrected chi connectivity index (χ0v) is 12.3. The molecular formula is C14H13BrF2S. The number of halogens is 3. The van der Waals surface area contributed by atoms with Crippen LogP contribution in [0.4, 0.5) is 8.78 Å². The van der Waals surface area contributed by atoms with Crippen LogP contribution in [0.25, 0.3) is 0 Å². The summed E-state index contributed by atoms with van der Waals surface area (Å²) < 4.78 is 26.7. The van der Waals surface area contributed by atoms with Gasteiger partial charge in [0.2, 0.25) is 0 Å². The van der Waals surface area contributed by atoms with Crippen molar-refractivity contribution in [3.05, 3.63) is 57.3 Å². The fourth-order valence-electron chi connectivity index (χ4n) is 1.91. The van der Waals surface area contributed by atoms with Crippen molar-refractivity contribution in [2.24, 2.45) is 0 Å². The normalized spacial score (nSPS) is 12.7. The lowest BCUT2D eigenvalue weighted by Gasteiger charge is -2.11. The van der Waals surface area contributed by atoms with Crippen molar-refractivity contribution in [2.75, 3.05) is 0 Å². The Morgan fingerprint density at radius 1 is 1.22 bits per heavy atom. The minimum atomic E-state index is -0.783. The Balaban J connectivity index is 2.21. The number of hydrogen-bond donors (Lipinski definition) is 0. The molecule has 0 saturated carbocycles. The molecule has 0 aliphatic rings. The lowest BCUT2D eigenvalue weighted by molar-refractivity contribution is 0.498. The molecule has 0 fully saturated rings. The van der Waals surface area contributed by atoms with Crippen LogP contribution in [0.2, 0.25) is 0 Å². The van der Waals surface area contributed by atoms with E-state index in [-0.39, 0.29) is 4.83 Å². The van der Waals surface area contributed by atoms with Gasteiger partial charge in [0.05, 0.1) is 4.83 Å². The number of aryl methyl sites for hydroxylation is 1. The zero-order chi connectivity index (χ0) is 13.1. The van der Waals surface area contributed by atoms with E-state index >= 15 is 0 Å². The molecule has 96 valence electrons. The summed E-state index contributed by atoms with van der Waals surface area (Å²) in [7, 11) is 0. The summed E-state index contributed by atoms with van der Waals surface area (Å²) in [6.45, 7) is 2.09. The minimum Gasteiger partial charge on any atom is -0.204 e. The molecule has 0 spiro atoms. The molecule has 0 radical (unpaired) electrons. The highest BCUT2D eigenvalue weighted by Crippen LogP contribution is 2.34. The second kappa shape index (κ2) is 5.93. The van der Waals surface area contributed by atoms with Gasteiger partial charge in [0, 0.05) is 4.88 Å². The van der Waals surface area contributed by atoms with Crippen LogP contribution in [0.3, 0.4) is 0 Å². The second-order valence-corrected chi connectivity index (χ2v) is 6.10. The molecule has 0 aliphatic carbocycles. The minimum absolute atomic E-state index is 0.0312. The first-order chi connectivity index (χ1) is 8.63. The van der Waals surface area contributed by atoms with Crippen molar-refractivity contribution in [1.29, 1.82) is 0 Å². The first-order valence-electron chi connectivity index (χ1n) is 5.76. The smallest absolute Gasteiger partial charge is 0.162 e. The molecule has 0 bridgehead atoms. The number of thiophene rings is 1. The van der Waals surface area contributed by atoms with Crippen molar-refractivity contribution < 1.29 is 8.78 Å². The molecule has 2 rings (SSSR count). The summed E-state index contributed by atoms with van der Waals surface area (Å²) >= 11 is 5.22. The van der Waals surface area contributed by atoms with E-state index in [2.05, 4.69) is 28.9 Å². The largest absolute Gasteiger partial charge is 0.204 e. The summed E-state index contributed by atoms with van der Waals surface area (Å²) in [5.74, 6) is -1.52. The van der Waals surface area contributed by atoms with E-state index in [1.807, 2.05) is 5.38 Å². The summed E-state index contributed by atoms with van der Waals surface area (Å²) in [6.07, 6.45) is 1.41. The second-order valence-electron chi connectivity index (χ2n) is 4.05. The van der Waals surface area contributed by atoms with E-state index in [1.165, 1.54) is 10.4 Å². The summed E-state index contributed by atoms with van der Waals surface area (Å²) in [6, 6.07) is 6.40. The maximum atomic E-state index is 13.6. The van der Waals surface area contributed by atoms with E-state index in [4.69, 9.17) is 0 Å². The van der Waals surface area contributed by atoms with Crippen LogP contribution in [-0.4, -0.2) is 0 Å². The average Bonchev–Trinajstić information content (AvgIpc) is 2.83. The molecule has 1 aromatic carbocycles. The van der Waals surface area contributed by atoms with Gasteiger partial charge < -0.3 is 0 Å². The Morgan fingerprint density at radius 3 is 2.72 bits per heavy atom. The van der Waals surface area contributed by atoms with Gasteiger partial charge in [-0.25, -0.2) is 8.78 Å². The fourth-order valence-corrected chi connectivity index (χ4v) is 3.85. The topological polar surface area (TPSA) is 0 Å². The molecule has 1 aromatic heterocycles. The number of hydrogen-bond acceptors (Lipinski definition) is 1. The van der Waals surface area contributed by atoms with Gasteiger partial charge in [-0.15, -0.1) is 11.3 Å². The van der Waals surface area contributed by atoms with Gasteiger partial charge in [-0.05, 0) is 41.5 Å². The van der Waals surface area contributed by atoms with Gasteiger partial charge in [-0.1, -0.05) is 35.0 Å². The SMILES string of the molecule is CCc1ccsc1C(Br)Cc1cccc(F)c1F. The van der Waals surface area contributed by atoms with E-state index in [1.54, 1.807) is 23.5 Å². The highest BCUT2D eigenvalue weighted by atomic mass is 79.9. The number of alkyl halides is 1. The third-order valence-electron chi connectivity index (χ3n) is 2.88. The molecule has 0 nitrogen and oxygen atoms in total. The van der Waals surface area contributed by atoms with Crippen LogP contribution in [0.1, 0.15) is 27.8 Å². The molecule has 2 aromatic rings. The monoisotopic (exact) mass is 330 g/mol. The van der Waals surface area contributed by atoms with Gasteiger partial charge in [0.1, 0.15) is 0 Å². The van der Waals surface area contributed by atoms with E-state index < -0.39 is 11.6 Å². The first-order valence-corrected chi connectivity index (χ1v) is 7.56. The van der Waals surface area contributed by atoms with Crippen molar-refractivity contribution in [3.8, 4) is 0 Å². The van der Waals surface area contributed by atoms with E-state index in [0.29, 0.717) is 12.0 Å². The van der Waals surface area contributed by atoms with Crippen LogP contribution in [0.15, 0.2) is 29.6 Å². The fraction of sp³-hybridized carbons (Fsp3) is 0.286. The lowest BCUT2D eigenvalue weighted by atomic mass is 10.1. The van der Waals surface area contributed by atoms with Gasteiger partial charge in [0.25, 0.3) is 0 Å². The van der Waals surface area contributed by atoms with Gasteiger partial charge in [-0.3, -0.25) is 0 Å². The van der Waals surface area contributed by atoms with Gasteiger partial charge in [-0.2, -0.15) is 0 Å². The molecule has 0 aliphatic heterocycles. The van der Waals surface area contributed by atoms with Crippen LogP contribution >= 0.6 is 27.3 Å². The zero-order valence-electron chi connectivity index (χ0n) is 9.92. The van der Waals surface area contributed by atoms with Crippen molar-refractivity contribution >= 4 is 27.3 Å². The van der Waals surface area contributed by atoms with Crippen LogP contribution in [-0.2, 0) is 12.8 Å². The Morgan fingerprint density at radius 2 is 2.00 bits per heavy atom. The van der Waals surface area contributed by atoms with Crippen molar-refractivity contribution in [1.82, 2.24) is 0 Å². The van der Waals surface area contributed by atoms with Gasteiger partial charge in [0.15, 0.2) is 11.6 Å². The van der Waals surface area contributed by atoms with Gasteiger partial charge >= 0.3 is 0 Å². The Hall–Kier alpha value is -0.740. The molecule has 1 atom stereocenters. The summed E-state index contributed by atoms with van der Waals surface area (Å²) in [5.41, 5.74) is 1.67. The maximum absolute atomic E-state index is 13.6. The molecular weight excluding hydrogens is 318 g/mol. The molecule has 4 heteroatoms. The quantitative estimate of drug-likeness (QED) is 0.670. The van der Waals surface area contributed by atoms with Crippen LogP contribution in [0.5, 0.6) is 0 Å². The van der Waals surface area contributed by atoms with E-state index in [0.717, 1.165) is 12.5 Å². The van der Waals surface area contributed by atoms with Crippen LogP contribution in [0, 0.1) is 11.6 Å². The maximum Gasteiger partial charge on any atom is 0.162 e. The number of rotatable bonds is 4. The number of benzene rings is 1. The molecule has 18 heavy (non-hydrogen) atoms. The Labute approximate surface area is 118 Å². The lowest BCUT2D eigenvalue weighted by Crippen LogP contribution is -2.00. The third-order valence-corrected chi connectivity index (χ3v) is 5.03. The van der Waals surface area contributed by atoms with E-state index in [9.17, 15) is 8.78 Å². The van der Waals surface area contributed by atoms with Crippen molar-refractivity contribution in [3.63, 3.8) is 0 Å². The molecule has 0 saturated heterocycles. The highest BCUT2D eigenvalue weighted by Gasteiger charge is 2.17. The van der Waals surface area contributed by atoms with Crippen LogP contribution < -0.4 is 0 Å². The predicted octanol–water partition coefficient (Wildman–Crippen LogP) is 5.27. The molecule has 0 amide bonds.